The number of nitrogens with one attached hydrogen (secondary N) is 2. The molecule has 1 aromatic heterocycles. The monoisotopic (exact) mass is 576 g/mol. The first-order valence-corrected chi connectivity index (χ1v) is 14.7. The van der Waals surface area contributed by atoms with Gasteiger partial charge in [0.1, 0.15) is 24.1 Å². The van der Waals surface area contributed by atoms with Crippen LogP contribution >= 0.6 is 7.75 Å². The molecule has 1 aliphatic carbocycles. The number of hydrogen-bond donors (Lipinski definition) is 2. The summed E-state index contributed by atoms with van der Waals surface area (Å²) in [7, 11) is -4.20. The fourth-order valence-electron chi connectivity index (χ4n) is 4.64. The second kappa shape index (κ2) is 13.3. The van der Waals surface area contributed by atoms with Gasteiger partial charge in [0.2, 0.25) is 0 Å². The summed E-state index contributed by atoms with van der Waals surface area (Å²) in [5.41, 5.74) is 8.16. The number of para-hydroxylation sites is 1. The number of aromatic amines is 1. The molecular formula is C25H33N6O8P. The Morgan fingerprint density at radius 1 is 1.27 bits per heavy atom. The molecule has 1 saturated carbocycles. The maximum absolute atomic E-state index is 13.9. The van der Waals surface area contributed by atoms with Crippen LogP contribution in [0.3, 0.4) is 0 Å². The molecule has 1 aromatic carbocycles. The van der Waals surface area contributed by atoms with Gasteiger partial charge in [-0.3, -0.25) is 23.7 Å². The van der Waals surface area contributed by atoms with E-state index in [-0.39, 0.29) is 24.9 Å². The molecule has 2 aliphatic rings. The Labute approximate surface area is 230 Å². The van der Waals surface area contributed by atoms with E-state index >= 15 is 0 Å². The summed E-state index contributed by atoms with van der Waals surface area (Å²) in [5.74, 6) is -0.345. The highest BCUT2D eigenvalue weighted by Crippen LogP contribution is 2.46. The second-order valence-corrected chi connectivity index (χ2v) is 11.6. The third-order valence-corrected chi connectivity index (χ3v) is 8.42. The summed E-state index contributed by atoms with van der Waals surface area (Å²) in [4.78, 5) is 42.0. The minimum atomic E-state index is -4.20. The van der Waals surface area contributed by atoms with E-state index in [0.717, 1.165) is 32.1 Å². The zero-order valence-electron chi connectivity index (χ0n) is 22.3. The molecule has 5 atom stereocenters. The van der Waals surface area contributed by atoms with Gasteiger partial charge in [0, 0.05) is 23.1 Å². The molecule has 1 aliphatic heterocycles. The lowest BCUT2D eigenvalue weighted by atomic mass is 9.98. The van der Waals surface area contributed by atoms with E-state index in [9.17, 15) is 18.9 Å². The number of esters is 1. The predicted molar refractivity (Wildman–Crippen MR) is 144 cm³/mol. The number of carbonyl (C=O) groups is 1. The molecule has 15 heteroatoms. The van der Waals surface area contributed by atoms with E-state index in [1.54, 1.807) is 37.3 Å². The maximum atomic E-state index is 13.9. The lowest BCUT2D eigenvalue weighted by Crippen LogP contribution is -2.38. The van der Waals surface area contributed by atoms with Gasteiger partial charge in [-0.1, -0.05) is 29.7 Å². The first-order valence-electron chi connectivity index (χ1n) is 13.2. The lowest BCUT2D eigenvalue weighted by molar-refractivity contribution is -0.152. The van der Waals surface area contributed by atoms with Gasteiger partial charge in [0.25, 0.3) is 5.56 Å². The standard InChI is InChI=1S/C25H33N6O8P/c1-16-14-31(25(34)27-23(16)32)22-13-20(28-30-26)21(38-22)15-36-40(35,39-19-11-7-4-8-12-19)29-17(2)24(33)37-18-9-5-3-6-10-18/h4,7-8,11-12,14,17-18,20-22H,3,5-6,9-10,13,15H2,1-2H3,(H,29,35)(H,27,32,34)/t17-,20-,21+,22+,40?/m0/s1. The van der Waals surface area contributed by atoms with Gasteiger partial charge >= 0.3 is 19.4 Å². The summed E-state index contributed by atoms with van der Waals surface area (Å²) < 4.78 is 38.0. The Morgan fingerprint density at radius 3 is 2.70 bits per heavy atom. The molecule has 40 heavy (non-hydrogen) atoms. The van der Waals surface area contributed by atoms with Crippen molar-refractivity contribution in [3.8, 4) is 5.75 Å². The van der Waals surface area contributed by atoms with Crippen molar-refractivity contribution in [2.75, 3.05) is 6.61 Å². The van der Waals surface area contributed by atoms with Crippen LogP contribution in [0.5, 0.6) is 5.75 Å². The highest BCUT2D eigenvalue weighted by atomic mass is 31.2. The van der Waals surface area contributed by atoms with E-state index in [1.807, 2.05) is 0 Å². The van der Waals surface area contributed by atoms with Gasteiger partial charge in [-0.05, 0) is 57.2 Å². The number of azide groups is 1. The Bertz CT molecular complexity index is 1390. The SMILES string of the molecule is Cc1cn([C@H]2C[C@H](N=[N+]=[N-])[C@@H](COP(=O)(N[C@@H](C)C(=O)OC3CCCCC3)Oc3ccccc3)O2)c(=O)[nH]c1=O. The van der Waals surface area contributed by atoms with Crippen LogP contribution in [0.4, 0.5) is 0 Å². The van der Waals surface area contributed by atoms with E-state index in [2.05, 4.69) is 20.1 Å². The zero-order valence-corrected chi connectivity index (χ0v) is 23.2. The summed E-state index contributed by atoms with van der Waals surface area (Å²) in [6, 6.07) is 6.49. The number of benzene rings is 1. The zero-order chi connectivity index (χ0) is 28.7. The Balaban J connectivity index is 1.49. The van der Waals surface area contributed by atoms with E-state index in [0.29, 0.717) is 5.56 Å². The van der Waals surface area contributed by atoms with Crippen molar-refractivity contribution in [1.82, 2.24) is 14.6 Å². The van der Waals surface area contributed by atoms with Crippen LogP contribution in [0, 0.1) is 6.92 Å². The molecule has 1 unspecified atom stereocenters. The highest BCUT2D eigenvalue weighted by Gasteiger charge is 2.40. The average molecular weight is 577 g/mol. The molecule has 2 heterocycles. The Hall–Kier alpha value is -3.41. The molecule has 0 bridgehead atoms. The highest BCUT2D eigenvalue weighted by molar-refractivity contribution is 7.52. The first kappa shape index (κ1) is 29.6. The fraction of sp³-hybridized carbons (Fsp3) is 0.560. The van der Waals surface area contributed by atoms with Gasteiger partial charge in [-0.15, -0.1) is 0 Å². The molecule has 4 rings (SSSR count). The number of H-pyrrole nitrogens is 1. The van der Waals surface area contributed by atoms with Crippen molar-refractivity contribution < 1.29 is 27.9 Å². The van der Waals surface area contributed by atoms with E-state index in [1.165, 1.54) is 17.7 Å². The number of hydrogen-bond acceptors (Lipinski definition) is 9. The fourth-order valence-corrected chi connectivity index (χ4v) is 6.15. The van der Waals surface area contributed by atoms with Crippen LogP contribution in [0.25, 0.3) is 10.4 Å². The Morgan fingerprint density at radius 2 is 2.00 bits per heavy atom. The third-order valence-electron chi connectivity index (χ3n) is 6.78. The van der Waals surface area contributed by atoms with Crippen molar-refractivity contribution in [2.24, 2.45) is 5.11 Å². The van der Waals surface area contributed by atoms with Crippen molar-refractivity contribution >= 4 is 13.7 Å². The summed E-state index contributed by atoms with van der Waals surface area (Å²) >= 11 is 0. The third kappa shape index (κ3) is 7.61. The maximum Gasteiger partial charge on any atom is 0.459 e. The van der Waals surface area contributed by atoms with Crippen molar-refractivity contribution in [3.05, 3.63) is 73.4 Å². The molecular weight excluding hydrogens is 543 g/mol. The molecule has 2 N–H and O–H groups in total. The van der Waals surface area contributed by atoms with Crippen molar-refractivity contribution in [2.45, 2.75) is 82.9 Å². The minimum absolute atomic E-state index is 0.102. The van der Waals surface area contributed by atoms with Crippen molar-refractivity contribution in [3.63, 3.8) is 0 Å². The van der Waals surface area contributed by atoms with E-state index < -0.39 is 49.4 Å². The van der Waals surface area contributed by atoms with E-state index in [4.69, 9.17) is 24.1 Å². The molecule has 0 radical (unpaired) electrons. The number of ether oxygens (including phenoxy) is 2. The number of rotatable bonds is 11. The van der Waals surface area contributed by atoms with Gasteiger partial charge in [-0.2, -0.15) is 5.09 Å². The average Bonchev–Trinajstić information content (AvgIpc) is 3.33. The van der Waals surface area contributed by atoms with Crippen LogP contribution in [-0.4, -0.2) is 46.4 Å². The summed E-state index contributed by atoms with van der Waals surface area (Å²) in [6.45, 7) is 2.68. The summed E-state index contributed by atoms with van der Waals surface area (Å²) in [5, 5.41) is 6.40. The predicted octanol–water partition coefficient (Wildman–Crippen LogP) is 3.87. The molecule has 2 aromatic rings. The van der Waals surface area contributed by atoms with Gasteiger partial charge < -0.3 is 14.0 Å². The van der Waals surface area contributed by atoms with Crippen molar-refractivity contribution in [1.29, 1.82) is 0 Å². The first-order chi connectivity index (χ1) is 19.2. The molecule has 216 valence electrons. The quantitative estimate of drug-likeness (QED) is 0.132. The molecule has 2 fully saturated rings. The molecule has 0 amide bonds. The summed E-state index contributed by atoms with van der Waals surface area (Å²) in [6.07, 6.45) is 4.12. The number of nitrogens with zero attached hydrogens (tertiary/aromatic N) is 4. The number of carbonyl (C=O) groups excluding carboxylic acids is 1. The lowest BCUT2D eigenvalue weighted by Gasteiger charge is -2.27. The van der Waals surface area contributed by atoms with Gasteiger partial charge in [0.05, 0.1) is 18.8 Å². The smallest absolute Gasteiger partial charge is 0.459 e. The van der Waals surface area contributed by atoms with Crippen LogP contribution in [0.15, 0.2) is 51.2 Å². The van der Waals surface area contributed by atoms with Gasteiger partial charge in [0.15, 0.2) is 0 Å². The number of aromatic nitrogens is 2. The topological polar surface area (TPSA) is 187 Å². The largest absolute Gasteiger partial charge is 0.461 e. The number of aryl methyl sites for hydroxylation is 1. The van der Waals surface area contributed by atoms with Crippen LogP contribution in [0.2, 0.25) is 0 Å². The second-order valence-electron chi connectivity index (χ2n) is 9.86. The minimum Gasteiger partial charge on any atom is -0.461 e. The Kier molecular flexibility index (Phi) is 9.83. The normalized spacial score (nSPS) is 23.5. The molecule has 14 nitrogen and oxygen atoms in total. The van der Waals surface area contributed by atoms with Crippen LogP contribution in [0.1, 0.15) is 57.2 Å². The molecule has 0 spiro atoms. The van der Waals surface area contributed by atoms with Crippen LogP contribution in [-0.2, 0) is 23.4 Å². The molecule has 1 saturated heterocycles. The van der Waals surface area contributed by atoms with Crippen LogP contribution < -0.4 is 20.9 Å². The van der Waals surface area contributed by atoms with Gasteiger partial charge in [-0.25, -0.2) is 9.36 Å².